The number of hydrogen-bond donors (Lipinski definition) is 0. The Kier molecular flexibility index (Phi) is 4.26. The van der Waals surface area contributed by atoms with Crippen molar-refractivity contribution >= 4 is 6.08 Å². The van der Waals surface area contributed by atoms with E-state index in [0.29, 0.717) is 13.2 Å². The lowest BCUT2D eigenvalue weighted by Gasteiger charge is -1.97. The van der Waals surface area contributed by atoms with E-state index in [4.69, 9.17) is 4.74 Å². The molecule has 1 rings (SSSR count). The fourth-order valence-electron chi connectivity index (χ4n) is 1.01. The summed E-state index contributed by atoms with van der Waals surface area (Å²) in [6.45, 7) is 2.89. The van der Waals surface area contributed by atoms with Crippen LogP contribution in [0.4, 0.5) is 8.78 Å². The topological polar surface area (TPSA) is 9.23 Å². The van der Waals surface area contributed by atoms with Crippen molar-refractivity contribution in [3.8, 4) is 0 Å². The molecule has 0 fully saturated rings. The van der Waals surface area contributed by atoms with Crippen LogP contribution in [0.3, 0.4) is 0 Å². The summed E-state index contributed by atoms with van der Waals surface area (Å²) in [4.78, 5) is 0. The molecule has 1 aromatic rings. The van der Waals surface area contributed by atoms with E-state index < -0.39 is 11.6 Å². The molecule has 1 nitrogen and oxygen atoms in total. The molecule has 0 saturated carbocycles. The summed E-state index contributed by atoms with van der Waals surface area (Å²) < 4.78 is 30.8. The number of benzene rings is 1. The molecule has 76 valence electrons. The lowest BCUT2D eigenvalue weighted by atomic mass is 10.2. The third kappa shape index (κ3) is 2.92. The smallest absolute Gasteiger partial charge is 0.166 e. The highest BCUT2D eigenvalue weighted by Crippen LogP contribution is 2.12. The van der Waals surface area contributed by atoms with E-state index in [1.54, 1.807) is 6.08 Å². The van der Waals surface area contributed by atoms with Gasteiger partial charge in [-0.2, -0.15) is 0 Å². The predicted molar refractivity (Wildman–Crippen MR) is 51.9 cm³/mol. The van der Waals surface area contributed by atoms with Gasteiger partial charge in [-0.25, -0.2) is 8.78 Å². The fraction of sp³-hybridized carbons (Fsp3) is 0.273. The summed E-state index contributed by atoms with van der Waals surface area (Å²) in [5.74, 6) is -1.65. The molecule has 0 N–H and O–H groups in total. The minimum atomic E-state index is -0.830. The lowest BCUT2D eigenvalue weighted by molar-refractivity contribution is 0.178. The molecular weight excluding hydrogens is 186 g/mol. The summed E-state index contributed by atoms with van der Waals surface area (Å²) in [5.41, 5.74) is 0.240. The molecule has 1 aromatic carbocycles. The normalized spacial score (nSPS) is 11.1. The zero-order valence-corrected chi connectivity index (χ0v) is 7.97. The summed E-state index contributed by atoms with van der Waals surface area (Å²) in [6.07, 6.45) is 3.16. The molecule has 0 unspecified atom stereocenters. The van der Waals surface area contributed by atoms with Gasteiger partial charge in [0, 0.05) is 12.2 Å². The maximum atomic E-state index is 13.0. The summed E-state index contributed by atoms with van der Waals surface area (Å²) in [5, 5.41) is 0. The van der Waals surface area contributed by atoms with Crippen LogP contribution in [0.2, 0.25) is 0 Å². The molecule has 0 bridgehead atoms. The summed E-state index contributed by atoms with van der Waals surface area (Å²) >= 11 is 0. The minimum Gasteiger partial charge on any atom is -0.378 e. The predicted octanol–water partition coefficient (Wildman–Crippen LogP) is 3.01. The summed E-state index contributed by atoms with van der Waals surface area (Å²) in [7, 11) is 0. The Morgan fingerprint density at radius 3 is 2.86 bits per heavy atom. The molecule has 0 atom stereocenters. The average Bonchev–Trinajstić information content (AvgIpc) is 2.19. The third-order valence-corrected chi connectivity index (χ3v) is 1.70. The van der Waals surface area contributed by atoms with Crippen LogP contribution in [0.25, 0.3) is 6.08 Å². The highest BCUT2D eigenvalue weighted by atomic mass is 19.2. The fourth-order valence-corrected chi connectivity index (χ4v) is 1.01. The minimum absolute atomic E-state index is 0.240. The first-order chi connectivity index (χ1) is 6.75. The van der Waals surface area contributed by atoms with Crippen molar-refractivity contribution in [1.29, 1.82) is 0 Å². The zero-order chi connectivity index (χ0) is 10.4. The van der Waals surface area contributed by atoms with E-state index in [-0.39, 0.29) is 5.56 Å². The Morgan fingerprint density at radius 1 is 1.36 bits per heavy atom. The molecule has 0 aliphatic rings. The van der Waals surface area contributed by atoms with Crippen LogP contribution >= 0.6 is 0 Å². The van der Waals surface area contributed by atoms with Crippen molar-refractivity contribution < 1.29 is 13.5 Å². The van der Waals surface area contributed by atoms with Gasteiger partial charge in [-0.1, -0.05) is 24.3 Å². The van der Waals surface area contributed by atoms with E-state index in [1.807, 2.05) is 6.92 Å². The van der Waals surface area contributed by atoms with Gasteiger partial charge in [-0.05, 0) is 13.0 Å². The van der Waals surface area contributed by atoms with Gasteiger partial charge in [0.05, 0.1) is 6.61 Å². The van der Waals surface area contributed by atoms with Gasteiger partial charge in [0.1, 0.15) is 0 Å². The largest absolute Gasteiger partial charge is 0.378 e. The first-order valence-corrected chi connectivity index (χ1v) is 4.44. The van der Waals surface area contributed by atoms with E-state index in [9.17, 15) is 8.78 Å². The first-order valence-electron chi connectivity index (χ1n) is 4.44. The highest BCUT2D eigenvalue weighted by molar-refractivity contribution is 5.49. The zero-order valence-electron chi connectivity index (χ0n) is 7.97. The van der Waals surface area contributed by atoms with Crippen molar-refractivity contribution in [3.63, 3.8) is 0 Å². The van der Waals surface area contributed by atoms with Crippen molar-refractivity contribution in [2.75, 3.05) is 13.2 Å². The number of hydrogen-bond acceptors (Lipinski definition) is 1. The molecule has 0 aliphatic heterocycles. The van der Waals surface area contributed by atoms with Crippen LogP contribution in [0.15, 0.2) is 24.3 Å². The quantitative estimate of drug-likeness (QED) is 0.676. The Labute approximate surface area is 82.0 Å². The van der Waals surface area contributed by atoms with Crippen molar-refractivity contribution in [2.24, 2.45) is 0 Å². The second-order valence-electron chi connectivity index (χ2n) is 2.70. The number of ether oxygens (including phenoxy) is 1. The second kappa shape index (κ2) is 5.50. The van der Waals surface area contributed by atoms with Gasteiger partial charge >= 0.3 is 0 Å². The monoisotopic (exact) mass is 198 g/mol. The van der Waals surface area contributed by atoms with E-state index in [0.717, 1.165) is 6.07 Å². The Balaban J connectivity index is 2.67. The molecule has 0 aliphatic carbocycles. The van der Waals surface area contributed by atoms with E-state index in [2.05, 4.69) is 0 Å². The van der Waals surface area contributed by atoms with Crippen LogP contribution in [0.5, 0.6) is 0 Å². The number of rotatable bonds is 4. The van der Waals surface area contributed by atoms with Gasteiger partial charge in [0.25, 0.3) is 0 Å². The van der Waals surface area contributed by atoms with Gasteiger partial charge in [-0.3, -0.25) is 0 Å². The van der Waals surface area contributed by atoms with Crippen molar-refractivity contribution in [2.45, 2.75) is 6.92 Å². The second-order valence-corrected chi connectivity index (χ2v) is 2.70. The molecule has 3 heteroatoms. The van der Waals surface area contributed by atoms with Crippen molar-refractivity contribution in [3.05, 3.63) is 41.5 Å². The maximum absolute atomic E-state index is 13.0. The van der Waals surface area contributed by atoms with Crippen LogP contribution in [0, 0.1) is 11.6 Å². The molecular formula is C11H12F2O. The van der Waals surface area contributed by atoms with Crippen LogP contribution in [0.1, 0.15) is 12.5 Å². The van der Waals surface area contributed by atoms with Gasteiger partial charge in [0.2, 0.25) is 0 Å². The molecule has 0 spiro atoms. The molecule has 0 radical (unpaired) electrons. The molecule has 0 amide bonds. The Bertz CT molecular complexity index is 321. The van der Waals surface area contributed by atoms with Crippen LogP contribution in [-0.2, 0) is 4.74 Å². The van der Waals surface area contributed by atoms with Gasteiger partial charge < -0.3 is 4.74 Å². The molecule has 0 saturated heterocycles. The summed E-state index contributed by atoms with van der Waals surface area (Å²) in [6, 6.07) is 4.08. The highest BCUT2D eigenvalue weighted by Gasteiger charge is 2.03. The van der Waals surface area contributed by atoms with E-state index >= 15 is 0 Å². The van der Waals surface area contributed by atoms with Crippen LogP contribution < -0.4 is 0 Å². The molecule has 0 heterocycles. The average molecular weight is 198 g/mol. The maximum Gasteiger partial charge on any atom is 0.166 e. The molecule has 14 heavy (non-hydrogen) atoms. The number of halogens is 2. The first kappa shape index (κ1) is 10.9. The SMILES string of the molecule is CCOCC=Cc1cccc(F)c1F. The Morgan fingerprint density at radius 2 is 2.14 bits per heavy atom. The Hall–Kier alpha value is -1.22. The van der Waals surface area contributed by atoms with Crippen LogP contribution in [-0.4, -0.2) is 13.2 Å². The molecule has 0 aromatic heterocycles. The van der Waals surface area contributed by atoms with Gasteiger partial charge in [-0.15, -0.1) is 0 Å². The standard InChI is InChI=1S/C11H12F2O/c1-2-14-8-4-6-9-5-3-7-10(12)11(9)13/h3-7H,2,8H2,1H3. The lowest BCUT2D eigenvalue weighted by Crippen LogP contribution is -1.90. The van der Waals surface area contributed by atoms with Crippen molar-refractivity contribution in [1.82, 2.24) is 0 Å². The third-order valence-electron chi connectivity index (χ3n) is 1.70. The van der Waals surface area contributed by atoms with Gasteiger partial charge in [0.15, 0.2) is 11.6 Å². The van der Waals surface area contributed by atoms with E-state index in [1.165, 1.54) is 18.2 Å².